The van der Waals surface area contributed by atoms with Gasteiger partial charge in [0.1, 0.15) is 11.6 Å². The highest BCUT2D eigenvalue weighted by Gasteiger charge is 2.33. The molecule has 1 amide bonds. The van der Waals surface area contributed by atoms with Crippen LogP contribution < -0.4 is 14.4 Å². The molecule has 1 heterocycles. The fourth-order valence-electron chi connectivity index (χ4n) is 3.38. The zero-order chi connectivity index (χ0) is 23.9. The second-order valence-corrected chi connectivity index (χ2v) is 9.33. The third-order valence-electron chi connectivity index (χ3n) is 5.16. The first-order valence-corrected chi connectivity index (χ1v) is 11.5. The third kappa shape index (κ3) is 4.29. The third-order valence-corrected chi connectivity index (χ3v) is 6.47. The van der Waals surface area contributed by atoms with Crippen LogP contribution in [0.3, 0.4) is 0 Å². The van der Waals surface area contributed by atoms with Crippen molar-refractivity contribution < 1.29 is 31.5 Å². The Bertz CT molecular complexity index is 1410. The minimum Gasteiger partial charge on any atom is -0.454 e. The molecule has 0 aliphatic carbocycles. The quantitative estimate of drug-likeness (QED) is 0.539. The first-order chi connectivity index (χ1) is 15.6. The number of carbonyl (C=O) groups excluding carboxylic acids is 2. The summed E-state index contributed by atoms with van der Waals surface area (Å²) in [5, 5.41) is 0. The predicted octanol–water partition coefficient (Wildman–Crippen LogP) is 4.34. The molecular weight excluding hydrogens is 454 g/mol. The van der Waals surface area contributed by atoms with Crippen LogP contribution in [0.25, 0.3) is 11.1 Å². The van der Waals surface area contributed by atoms with Crippen molar-refractivity contribution in [1.82, 2.24) is 0 Å². The fourth-order valence-corrected chi connectivity index (χ4v) is 4.01. The van der Waals surface area contributed by atoms with Crippen molar-refractivity contribution in [2.75, 3.05) is 22.4 Å². The summed E-state index contributed by atoms with van der Waals surface area (Å²) in [7, 11) is -2.11. The van der Waals surface area contributed by atoms with Crippen molar-refractivity contribution in [3.8, 4) is 22.6 Å². The Balaban J connectivity index is 1.83. The summed E-state index contributed by atoms with van der Waals surface area (Å²) >= 11 is 0. The number of Topliss-reactive ketones (excluding diaryl/α,β-unsaturated/α-hetero) is 1. The summed E-state index contributed by atoms with van der Waals surface area (Å²) in [6, 6.07) is 11.9. The monoisotopic (exact) mass is 472 g/mol. The Morgan fingerprint density at radius 2 is 1.67 bits per heavy atom. The van der Waals surface area contributed by atoms with Crippen molar-refractivity contribution in [2.45, 2.75) is 6.92 Å². The summed E-state index contributed by atoms with van der Waals surface area (Å²) in [5.41, 5.74) is 1.69. The summed E-state index contributed by atoms with van der Waals surface area (Å²) in [4.78, 5) is 25.3. The van der Waals surface area contributed by atoms with Gasteiger partial charge in [0.2, 0.25) is 10.0 Å². The molecular formula is C23H18F2N2O5S. The van der Waals surface area contributed by atoms with Crippen LogP contribution in [0, 0.1) is 11.6 Å². The lowest BCUT2D eigenvalue weighted by Crippen LogP contribution is -2.24. The molecule has 0 aromatic heterocycles. The smallest absolute Gasteiger partial charge is 0.299 e. The van der Waals surface area contributed by atoms with Crippen LogP contribution in [0.4, 0.5) is 20.2 Å². The number of fused-ring (bicyclic) bond motifs is 1. The number of nitrogens with zero attached hydrogens (tertiary/aromatic N) is 1. The fraction of sp³-hybridized carbons (Fsp3) is 0.130. The maximum absolute atomic E-state index is 14.2. The van der Waals surface area contributed by atoms with E-state index in [-0.39, 0.29) is 28.5 Å². The highest BCUT2D eigenvalue weighted by atomic mass is 32.2. The SMILES string of the molecule is CCS(=O)(=O)Nc1ccc(Oc2ccc(F)cc2F)c(-c2ccc3c(c2)N(C)C(=O)C3=O)c1. The Labute approximate surface area is 188 Å². The molecule has 0 radical (unpaired) electrons. The first-order valence-electron chi connectivity index (χ1n) is 9.84. The van der Waals surface area contributed by atoms with Crippen LogP contribution in [-0.2, 0) is 14.8 Å². The van der Waals surface area contributed by atoms with Gasteiger partial charge in [-0.2, -0.15) is 0 Å². The minimum absolute atomic E-state index is 0.144. The van der Waals surface area contributed by atoms with E-state index in [2.05, 4.69) is 4.72 Å². The van der Waals surface area contributed by atoms with Gasteiger partial charge in [-0.05, 0) is 55.0 Å². The topological polar surface area (TPSA) is 92.8 Å². The summed E-state index contributed by atoms with van der Waals surface area (Å²) in [6.07, 6.45) is 0. The van der Waals surface area contributed by atoms with Gasteiger partial charge in [0.25, 0.3) is 11.7 Å². The zero-order valence-corrected chi connectivity index (χ0v) is 18.4. The van der Waals surface area contributed by atoms with E-state index in [1.807, 2.05) is 0 Å². The second-order valence-electron chi connectivity index (χ2n) is 7.32. The lowest BCUT2D eigenvalue weighted by molar-refractivity contribution is -0.114. The second kappa shape index (κ2) is 8.28. The number of anilines is 2. The van der Waals surface area contributed by atoms with E-state index >= 15 is 0 Å². The Hall–Kier alpha value is -3.79. The average molecular weight is 472 g/mol. The lowest BCUT2D eigenvalue weighted by Gasteiger charge is -2.16. The standard InChI is InChI=1S/C23H18F2N2O5S/c1-3-33(30,31)26-15-6-9-20(32-21-8-5-14(24)11-18(21)25)17(12-15)13-4-7-16-19(10-13)27(2)23(29)22(16)28/h4-12,26H,3H2,1-2H3. The number of benzene rings is 3. The van der Waals surface area contributed by atoms with E-state index in [0.717, 1.165) is 12.1 Å². The largest absolute Gasteiger partial charge is 0.454 e. The van der Waals surface area contributed by atoms with E-state index in [4.69, 9.17) is 4.74 Å². The van der Waals surface area contributed by atoms with Crippen molar-refractivity contribution in [2.24, 2.45) is 0 Å². The number of hydrogen-bond donors (Lipinski definition) is 1. The normalized spacial score (nSPS) is 13.3. The molecule has 33 heavy (non-hydrogen) atoms. The average Bonchev–Trinajstić information content (AvgIpc) is 3.00. The predicted molar refractivity (Wildman–Crippen MR) is 119 cm³/mol. The van der Waals surface area contributed by atoms with Crippen LogP contribution >= 0.6 is 0 Å². The van der Waals surface area contributed by atoms with E-state index in [1.165, 1.54) is 43.1 Å². The molecule has 1 aliphatic heterocycles. The number of ketones is 1. The number of rotatable bonds is 6. The molecule has 1 aliphatic rings. The zero-order valence-electron chi connectivity index (χ0n) is 17.6. The van der Waals surface area contributed by atoms with Crippen molar-refractivity contribution in [3.05, 3.63) is 71.8 Å². The van der Waals surface area contributed by atoms with Crippen LogP contribution in [0.2, 0.25) is 0 Å². The van der Waals surface area contributed by atoms with Crippen LogP contribution in [0.1, 0.15) is 17.3 Å². The molecule has 0 saturated carbocycles. The number of likely N-dealkylation sites (N-methyl/N-ethyl adjacent to an activating group) is 1. The first kappa shape index (κ1) is 22.4. The minimum atomic E-state index is -3.58. The van der Waals surface area contributed by atoms with Crippen molar-refractivity contribution in [1.29, 1.82) is 0 Å². The number of ether oxygens (including phenoxy) is 1. The Kier molecular flexibility index (Phi) is 5.62. The van der Waals surface area contributed by atoms with Gasteiger partial charge in [-0.15, -0.1) is 0 Å². The van der Waals surface area contributed by atoms with Crippen LogP contribution in [0.5, 0.6) is 11.5 Å². The molecule has 170 valence electrons. The van der Waals surface area contributed by atoms with Gasteiger partial charge in [0, 0.05) is 24.4 Å². The highest BCUT2D eigenvalue weighted by molar-refractivity contribution is 7.92. The molecule has 7 nitrogen and oxygen atoms in total. The highest BCUT2D eigenvalue weighted by Crippen LogP contribution is 2.40. The number of halogens is 2. The molecule has 0 saturated heterocycles. The number of carbonyl (C=O) groups is 2. The Morgan fingerprint density at radius 1 is 0.939 bits per heavy atom. The van der Waals surface area contributed by atoms with Crippen LogP contribution in [-0.4, -0.2) is 32.9 Å². The lowest BCUT2D eigenvalue weighted by atomic mass is 10.0. The van der Waals surface area contributed by atoms with E-state index in [1.54, 1.807) is 12.1 Å². The molecule has 4 rings (SSSR count). The maximum atomic E-state index is 14.2. The number of nitrogens with one attached hydrogen (secondary N) is 1. The number of amides is 1. The van der Waals surface area contributed by atoms with Crippen molar-refractivity contribution >= 4 is 33.1 Å². The molecule has 3 aromatic rings. The molecule has 0 atom stereocenters. The van der Waals surface area contributed by atoms with Gasteiger partial charge in [0.15, 0.2) is 11.6 Å². The van der Waals surface area contributed by atoms with Crippen LogP contribution in [0.15, 0.2) is 54.6 Å². The molecule has 3 aromatic carbocycles. The number of hydrogen-bond acceptors (Lipinski definition) is 5. The molecule has 10 heteroatoms. The van der Waals surface area contributed by atoms with E-state index in [9.17, 15) is 26.8 Å². The van der Waals surface area contributed by atoms with Gasteiger partial charge in [0.05, 0.1) is 17.0 Å². The van der Waals surface area contributed by atoms with E-state index < -0.39 is 33.3 Å². The van der Waals surface area contributed by atoms with Gasteiger partial charge in [-0.3, -0.25) is 14.3 Å². The Morgan fingerprint density at radius 3 is 2.36 bits per heavy atom. The summed E-state index contributed by atoms with van der Waals surface area (Å²) in [5.74, 6) is -3.21. The molecule has 0 fully saturated rings. The molecule has 0 spiro atoms. The van der Waals surface area contributed by atoms with Gasteiger partial charge >= 0.3 is 0 Å². The molecule has 0 unspecified atom stereocenters. The van der Waals surface area contributed by atoms with Gasteiger partial charge < -0.3 is 9.64 Å². The molecule has 0 bridgehead atoms. The van der Waals surface area contributed by atoms with E-state index in [0.29, 0.717) is 22.9 Å². The van der Waals surface area contributed by atoms with Gasteiger partial charge in [-0.1, -0.05) is 6.07 Å². The molecule has 1 N–H and O–H groups in total. The maximum Gasteiger partial charge on any atom is 0.299 e. The van der Waals surface area contributed by atoms with Crippen molar-refractivity contribution in [3.63, 3.8) is 0 Å². The number of sulfonamides is 1. The summed E-state index contributed by atoms with van der Waals surface area (Å²) < 4.78 is 59.7. The summed E-state index contributed by atoms with van der Waals surface area (Å²) in [6.45, 7) is 1.49. The van der Waals surface area contributed by atoms with Gasteiger partial charge in [-0.25, -0.2) is 17.2 Å².